The summed E-state index contributed by atoms with van der Waals surface area (Å²) in [4.78, 5) is 19.9. The molecule has 0 saturated carbocycles. The van der Waals surface area contributed by atoms with E-state index in [0.29, 0.717) is 19.6 Å². The van der Waals surface area contributed by atoms with E-state index in [4.69, 9.17) is 4.74 Å². The van der Waals surface area contributed by atoms with E-state index in [2.05, 4.69) is 15.2 Å². The molecule has 4 aliphatic rings. The summed E-state index contributed by atoms with van der Waals surface area (Å²) in [5.74, 6) is 0.642. The predicted molar refractivity (Wildman–Crippen MR) is 92.9 cm³/mol. The van der Waals surface area contributed by atoms with Crippen molar-refractivity contribution >= 4 is 28.3 Å². The number of aromatic amines is 1. The molecule has 1 saturated heterocycles. The van der Waals surface area contributed by atoms with Gasteiger partial charge in [-0.1, -0.05) is 0 Å². The van der Waals surface area contributed by atoms with Crippen molar-refractivity contribution in [2.45, 2.75) is 30.9 Å². The van der Waals surface area contributed by atoms with Gasteiger partial charge in [0.1, 0.15) is 23.3 Å². The molecule has 1 unspecified atom stereocenters. The number of alkyl halides is 1. The Morgan fingerprint density at radius 1 is 1.48 bits per heavy atom. The van der Waals surface area contributed by atoms with Crippen LogP contribution in [0.5, 0.6) is 0 Å². The van der Waals surface area contributed by atoms with Crippen LogP contribution in [0, 0.1) is 0 Å². The number of thioether (sulfide) groups is 1. The second kappa shape index (κ2) is 5.54. The number of carbonyl (C=O) groups excluding carboxylic acids is 1. The Labute approximate surface area is 148 Å². The smallest absolute Gasteiger partial charge is 0.264 e. The maximum absolute atomic E-state index is 13.1. The summed E-state index contributed by atoms with van der Waals surface area (Å²) in [6.45, 7) is 3.40. The van der Waals surface area contributed by atoms with Crippen molar-refractivity contribution in [1.29, 1.82) is 0 Å². The first-order valence-corrected chi connectivity index (χ1v) is 9.26. The maximum Gasteiger partial charge on any atom is 0.264 e. The highest BCUT2D eigenvalue weighted by Gasteiger charge is 2.46. The third kappa shape index (κ3) is 2.38. The number of aromatic nitrogens is 2. The monoisotopic (exact) mass is 360 g/mol. The van der Waals surface area contributed by atoms with E-state index in [9.17, 15) is 9.18 Å². The first kappa shape index (κ1) is 15.3. The molecule has 5 rings (SSSR count). The van der Waals surface area contributed by atoms with E-state index in [1.807, 2.05) is 18.0 Å². The van der Waals surface area contributed by atoms with E-state index in [0.717, 1.165) is 39.5 Å². The van der Waals surface area contributed by atoms with Crippen molar-refractivity contribution in [2.75, 3.05) is 19.6 Å². The quantitative estimate of drug-likeness (QED) is 0.892. The molecule has 0 spiro atoms. The van der Waals surface area contributed by atoms with E-state index >= 15 is 0 Å². The van der Waals surface area contributed by atoms with Crippen LogP contribution in [0.25, 0.3) is 4.91 Å². The second-order valence-corrected chi connectivity index (χ2v) is 7.97. The fourth-order valence-electron chi connectivity index (χ4n) is 3.78. The molecular formula is C17H17FN4O2S. The van der Waals surface area contributed by atoms with Gasteiger partial charge in [-0.15, -0.1) is 11.8 Å². The number of nitrogens with one attached hydrogen (secondary N) is 1. The highest BCUT2D eigenvalue weighted by molar-refractivity contribution is 8.10. The summed E-state index contributed by atoms with van der Waals surface area (Å²) in [5.41, 5.74) is 3.77. The van der Waals surface area contributed by atoms with Crippen molar-refractivity contribution in [3.8, 4) is 0 Å². The molecule has 1 amide bonds. The third-order valence-electron chi connectivity index (χ3n) is 4.95. The first-order valence-electron chi connectivity index (χ1n) is 8.38. The normalized spacial score (nSPS) is 29.5. The van der Waals surface area contributed by atoms with Gasteiger partial charge >= 0.3 is 0 Å². The molecule has 4 aliphatic heterocycles. The molecular weight excluding hydrogens is 343 g/mol. The van der Waals surface area contributed by atoms with Gasteiger partial charge < -0.3 is 4.74 Å². The molecule has 2 atom stereocenters. The zero-order valence-electron chi connectivity index (χ0n) is 13.7. The number of allylic oxidation sites excluding steroid dienone is 1. The number of rotatable bonds is 3. The molecule has 1 fully saturated rings. The summed E-state index contributed by atoms with van der Waals surface area (Å²) in [7, 11) is 0. The van der Waals surface area contributed by atoms with Crippen LogP contribution < -0.4 is 0 Å². The standard InChI is InChI=1S/C17H17FN4O2S/c1-8-2-11-12(7-22-5-10(18)6-22)21-17(23)16-13(11)14(24-8)15(25-16)9-3-19-20-4-9/h3-4,8,10,16H,2,5-7H2,1H3,(H,19,20)/t8-,16?/m0/s1. The zero-order chi connectivity index (χ0) is 17.1. The molecule has 0 aromatic carbocycles. The molecule has 1 aromatic heterocycles. The molecule has 1 aromatic rings. The Balaban J connectivity index is 1.57. The minimum Gasteiger partial charge on any atom is -0.489 e. The molecule has 25 heavy (non-hydrogen) atoms. The molecule has 130 valence electrons. The number of amides is 1. The van der Waals surface area contributed by atoms with Gasteiger partial charge in [0.25, 0.3) is 5.91 Å². The number of carbonyl (C=O) groups is 1. The van der Waals surface area contributed by atoms with Gasteiger partial charge in [-0.3, -0.25) is 14.8 Å². The number of halogens is 1. The Morgan fingerprint density at radius 3 is 3.04 bits per heavy atom. The predicted octanol–water partition coefficient (Wildman–Crippen LogP) is 1.93. The lowest BCUT2D eigenvalue weighted by molar-refractivity contribution is -0.116. The van der Waals surface area contributed by atoms with Crippen molar-refractivity contribution in [2.24, 2.45) is 4.99 Å². The summed E-state index contributed by atoms with van der Waals surface area (Å²) in [5, 5.41) is 6.49. The summed E-state index contributed by atoms with van der Waals surface area (Å²) in [6.07, 6.45) is 3.53. The molecule has 6 nitrogen and oxygen atoms in total. The van der Waals surface area contributed by atoms with Gasteiger partial charge in [-0.05, 0) is 12.5 Å². The molecule has 0 bridgehead atoms. The van der Waals surface area contributed by atoms with Crippen molar-refractivity contribution < 1.29 is 13.9 Å². The average molecular weight is 360 g/mol. The topological polar surface area (TPSA) is 70.6 Å². The maximum atomic E-state index is 13.1. The van der Waals surface area contributed by atoms with Crippen LogP contribution in [0.1, 0.15) is 18.9 Å². The number of aliphatic imine (C=N–C) groups is 1. The van der Waals surface area contributed by atoms with Gasteiger partial charge in [-0.25, -0.2) is 9.38 Å². The number of ether oxygens (including phenoxy) is 1. The van der Waals surface area contributed by atoms with Crippen LogP contribution in [0.2, 0.25) is 0 Å². The molecule has 1 N–H and O–H groups in total. The van der Waals surface area contributed by atoms with Crippen LogP contribution in [-0.2, 0) is 9.53 Å². The van der Waals surface area contributed by atoms with Gasteiger partial charge in [0.15, 0.2) is 0 Å². The number of dihydropyridines is 1. The highest BCUT2D eigenvalue weighted by atomic mass is 32.2. The van der Waals surface area contributed by atoms with Gasteiger partial charge in [0.2, 0.25) is 0 Å². The minimum absolute atomic E-state index is 0.0127. The molecule has 5 heterocycles. The van der Waals surface area contributed by atoms with Crippen molar-refractivity contribution in [3.05, 3.63) is 34.9 Å². The van der Waals surface area contributed by atoms with E-state index in [1.165, 1.54) is 11.8 Å². The lowest BCUT2D eigenvalue weighted by atomic mass is 9.88. The number of H-pyrrole nitrogens is 1. The van der Waals surface area contributed by atoms with Crippen LogP contribution in [-0.4, -0.2) is 63.9 Å². The van der Waals surface area contributed by atoms with Crippen LogP contribution in [0.3, 0.4) is 0 Å². The van der Waals surface area contributed by atoms with E-state index < -0.39 is 6.17 Å². The Kier molecular flexibility index (Phi) is 3.40. The summed E-state index contributed by atoms with van der Waals surface area (Å²) in [6, 6.07) is 0. The Hall–Kier alpha value is -1.93. The summed E-state index contributed by atoms with van der Waals surface area (Å²) < 4.78 is 19.3. The van der Waals surface area contributed by atoms with Gasteiger partial charge in [0, 0.05) is 43.4 Å². The van der Waals surface area contributed by atoms with E-state index in [-0.39, 0.29) is 17.3 Å². The molecule has 0 aliphatic carbocycles. The lowest BCUT2D eigenvalue weighted by Gasteiger charge is -2.37. The summed E-state index contributed by atoms with van der Waals surface area (Å²) >= 11 is 1.49. The third-order valence-corrected chi connectivity index (χ3v) is 6.28. The van der Waals surface area contributed by atoms with Crippen LogP contribution in [0.4, 0.5) is 4.39 Å². The Bertz CT molecular complexity index is 839. The lowest BCUT2D eigenvalue weighted by Crippen LogP contribution is -2.51. The average Bonchev–Trinajstić information content (AvgIpc) is 3.18. The fourth-order valence-corrected chi connectivity index (χ4v) is 5.05. The van der Waals surface area contributed by atoms with Gasteiger partial charge in [0.05, 0.1) is 16.8 Å². The number of hydrogen-bond donors (Lipinski definition) is 1. The molecule has 8 heteroatoms. The molecule has 0 radical (unpaired) electrons. The fraction of sp³-hybridized carbons (Fsp3) is 0.471. The second-order valence-electron chi connectivity index (χ2n) is 6.86. The van der Waals surface area contributed by atoms with Crippen LogP contribution >= 0.6 is 11.8 Å². The van der Waals surface area contributed by atoms with Crippen molar-refractivity contribution in [3.63, 3.8) is 0 Å². The number of likely N-dealkylation sites (tertiary alicyclic amines) is 1. The first-order chi connectivity index (χ1) is 12.1. The van der Waals surface area contributed by atoms with Crippen molar-refractivity contribution in [1.82, 2.24) is 15.1 Å². The SMILES string of the molecule is C[C@H]1CC2=C3C(=C(c4cn[nH]c4)SC3C(=O)N=C2CN2CC(F)C2)O1. The minimum atomic E-state index is -0.760. The number of nitrogens with zero attached hydrogens (tertiary/aromatic N) is 3. The Morgan fingerprint density at radius 2 is 2.32 bits per heavy atom. The van der Waals surface area contributed by atoms with Gasteiger partial charge in [-0.2, -0.15) is 5.10 Å². The zero-order valence-corrected chi connectivity index (χ0v) is 14.5. The van der Waals surface area contributed by atoms with Crippen LogP contribution in [0.15, 0.2) is 34.3 Å². The van der Waals surface area contributed by atoms with E-state index in [1.54, 1.807) is 6.20 Å². The largest absolute Gasteiger partial charge is 0.489 e. The number of hydrogen-bond acceptors (Lipinski definition) is 5. The highest BCUT2D eigenvalue weighted by Crippen LogP contribution is 2.53.